The number of rotatable bonds is 3. The van der Waals surface area contributed by atoms with Gasteiger partial charge in [0, 0.05) is 12.1 Å². The Morgan fingerprint density at radius 3 is 2.18 bits per heavy atom. The molecule has 0 amide bonds. The van der Waals surface area contributed by atoms with Crippen molar-refractivity contribution in [2.75, 3.05) is 6.54 Å². The second-order valence-corrected chi connectivity index (χ2v) is 7.85. The average molecular weight is 347 g/mol. The maximum absolute atomic E-state index is 12.9. The molecule has 2 rings (SSSR count). The lowest BCUT2D eigenvalue weighted by molar-refractivity contribution is 0.348. The third-order valence-electron chi connectivity index (χ3n) is 4.63. The van der Waals surface area contributed by atoms with Gasteiger partial charge in [0.05, 0.1) is 4.90 Å². The Hall–Kier alpha value is -0.620. The van der Waals surface area contributed by atoms with Gasteiger partial charge in [0.15, 0.2) is 0 Å². The van der Waals surface area contributed by atoms with Crippen molar-refractivity contribution in [1.82, 2.24) is 10.0 Å². The number of sulfonamides is 1. The van der Waals surface area contributed by atoms with Gasteiger partial charge in [0.1, 0.15) is 0 Å². The summed E-state index contributed by atoms with van der Waals surface area (Å²) in [7, 11) is -3.49. The molecule has 1 aliphatic heterocycles. The Bertz CT molecular complexity index is 618. The summed E-state index contributed by atoms with van der Waals surface area (Å²) in [4.78, 5) is 0.456. The fraction of sp³-hybridized carbons (Fsp3) is 0.625. The lowest BCUT2D eigenvalue weighted by Gasteiger charge is -2.31. The fourth-order valence-corrected chi connectivity index (χ4v) is 5.01. The van der Waals surface area contributed by atoms with Crippen LogP contribution in [0.4, 0.5) is 0 Å². The number of hydrogen-bond acceptors (Lipinski definition) is 3. The van der Waals surface area contributed by atoms with Crippen LogP contribution in [0.5, 0.6) is 0 Å². The molecule has 4 nitrogen and oxygen atoms in total. The summed E-state index contributed by atoms with van der Waals surface area (Å²) < 4.78 is 28.6. The summed E-state index contributed by atoms with van der Waals surface area (Å²) in [5, 5.41) is 3.33. The Kier molecular flexibility index (Phi) is 6.45. The first-order valence-electron chi connectivity index (χ1n) is 7.57. The molecule has 0 spiro atoms. The normalized spacial score (nSPS) is 22.2. The second-order valence-electron chi connectivity index (χ2n) is 6.20. The zero-order chi connectivity index (χ0) is 15.8. The average Bonchev–Trinajstić information content (AvgIpc) is 2.39. The Labute approximate surface area is 140 Å². The molecule has 22 heavy (non-hydrogen) atoms. The first kappa shape index (κ1) is 19.4. The van der Waals surface area contributed by atoms with Crippen molar-refractivity contribution in [2.24, 2.45) is 0 Å². The van der Waals surface area contributed by atoms with E-state index in [9.17, 15) is 8.42 Å². The summed E-state index contributed by atoms with van der Waals surface area (Å²) in [6.45, 7) is 10.7. The largest absolute Gasteiger partial charge is 0.313 e. The molecule has 0 aromatic heterocycles. The van der Waals surface area contributed by atoms with Crippen molar-refractivity contribution >= 4 is 22.4 Å². The van der Waals surface area contributed by atoms with Crippen LogP contribution in [0, 0.1) is 27.7 Å². The van der Waals surface area contributed by atoms with Gasteiger partial charge in [0.25, 0.3) is 0 Å². The molecule has 1 fully saturated rings. The molecule has 2 N–H and O–H groups in total. The predicted octanol–water partition coefficient (Wildman–Crippen LogP) is 2.76. The molecule has 1 aliphatic rings. The highest BCUT2D eigenvalue weighted by molar-refractivity contribution is 7.89. The lowest BCUT2D eigenvalue weighted by atomic mass is 10.0. The summed E-state index contributed by atoms with van der Waals surface area (Å²) in [6, 6.07) is 2.18. The molecule has 1 heterocycles. The number of piperidine rings is 1. The minimum absolute atomic E-state index is 0. The van der Waals surface area contributed by atoms with Gasteiger partial charge in [-0.1, -0.05) is 6.07 Å². The van der Waals surface area contributed by atoms with Gasteiger partial charge in [-0.2, -0.15) is 0 Å². The van der Waals surface area contributed by atoms with Crippen molar-refractivity contribution in [1.29, 1.82) is 0 Å². The highest BCUT2D eigenvalue weighted by Crippen LogP contribution is 2.26. The number of nitrogens with one attached hydrogen (secondary N) is 2. The third-order valence-corrected chi connectivity index (χ3v) is 6.40. The van der Waals surface area contributed by atoms with Gasteiger partial charge in [-0.3, -0.25) is 0 Å². The van der Waals surface area contributed by atoms with E-state index >= 15 is 0 Å². The third kappa shape index (κ3) is 3.82. The van der Waals surface area contributed by atoms with E-state index in [0.29, 0.717) is 4.90 Å². The quantitative estimate of drug-likeness (QED) is 0.884. The molecular formula is C16H27ClN2O2S. The van der Waals surface area contributed by atoms with Crippen LogP contribution < -0.4 is 10.0 Å². The maximum atomic E-state index is 12.9. The fourth-order valence-electron chi connectivity index (χ4n) is 3.05. The van der Waals surface area contributed by atoms with Gasteiger partial charge in [-0.15, -0.1) is 12.4 Å². The molecular weight excluding hydrogens is 320 g/mol. The predicted molar refractivity (Wildman–Crippen MR) is 93.4 cm³/mol. The summed E-state index contributed by atoms with van der Waals surface area (Å²) in [6.07, 6.45) is 1.89. The van der Waals surface area contributed by atoms with Crippen molar-refractivity contribution in [2.45, 2.75) is 64.4 Å². The molecule has 0 bridgehead atoms. The Morgan fingerprint density at radius 2 is 1.68 bits per heavy atom. The molecule has 0 aliphatic carbocycles. The molecule has 2 unspecified atom stereocenters. The number of hydrogen-bond donors (Lipinski definition) is 2. The van der Waals surface area contributed by atoms with Crippen LogP contribution in [0.2, 0.25) is 0 Å². The monoisotopic (exact) mass is 346 g/mol. The van der Waals surface area contributed by atoms with E-state index in [0.717, 1.165) is 41.6 Å². The van der Waals surface area contributed by atoms with Gasteiger partial charge in [-0.25, -0.2) is 13.1 Å². The highest BCUT2D eigenvalue weighted by atomic mass is 35.5. The number of halogens is 1. The number of benzene rings is 1. The molecule has 2 atom stereocenters. The van der Waals surface area contributed by atoms with E-state index in [4.69, 9.17) is 0 Å². The van der Waals surface area contributed by atoms with E-state index in [1.807, 2.05) is 34.6 Å². The van der Waals surface area contributed by atoms with E-state index in [1.54, 1.807) is 0 Å². The zero-order valence-electron chi connectivity index (χ0n) is 14.0. The van der Waals surface area contributed by atoms with Crippen molar-refractivity contribution in [3.63, 3.8) is 0 Å². The summed E-state index contributed by atoms with van der Waals surface area (Å²) >= 11 is 0. The summed E-state index contributed by atoms with van der Waals surface area (Å²) in [5.74, 6) is 0. The minimum Gasteiger partial charge on any atom is -0.313 e. The van der Waals surface area contributed by atoms with Crippen LogP contribution in [-0.2, 0) is 10.0 Å². The molecule has 0 radical (unpaired) electrons. The lowest BCUT2D eigenvalue weighted by Crippen LogP contribution is -2.51. The van der Waals surface area contributed by atoms with Crippen LogP contribution >= 0.6 is 12.4 Å². The molecule has 0 saturated carbocycles. The molecule has 1 saturated heterocycles. The van der Waals surface area contributed by atoms with E-state index in [2.05, 4.69) is 16.1 Å². The first-order chi connectivity index (χ1) is 9.74. The van der Waals surface area contributed by atoms with Crippen molar-refractivity contribution in [3.05, 3.63) is 28.3 Å². The van der Waals surface area contributed by atoms with Crippen LogP contribution in [0.3, 0.4) is 0 Å². The smallest absolute Gasteiger partial charge is 0.241 e. The van der Waals surface area contributed by atoms with Crippen LogP contribution in [0.25, 0.3) is 0 Å². The maximum Gasteiger partial charge on any atom is 0.241 e. The summed E-state index contributed by atoms with van der Waals surface area (Å²) in [5.41, 5.74) is 3.74. The van der Waals surface area contributed by atoms with E-state index in [1.165, 1.54) is 0 Å². The molecule has 6 heteroatoms. The molecule has 1 aromatic carbocycles. The highest BCUT2D eigenvalue weighted by Gasteiger charge is 2.29. The van der Waals surface area contributed by atoms with Crippen LogP contribution in [-0.4, -0.2) is 27.0 Å². The zero-order valence-corrected chi connectivity index (χ0v) is 15.6. The minimum atomic E-state index is -3.49. The van der Waals surface area contributed by atoms with Gasteiger partial charge in [0.2, 0.25) is 10.0 Å². The Morgan fingerprint density at radius 1 is 1.14 bits per heavy atom. The first-order valence-corrected chi connectivity index (χ1v) is 9.05. The van der Waals surface area contributed by atoms with E-state index < -0.39 is 10.0 Å². The topological polar surface area (TPSA) is 58.2 Å². The van der Waals surface area contributed by atoms with Gasteiger partial charge >= 0.3 is 0 Å². The van der Waals surface area contributed by atoms with Crippen LogP contribution in [0.15, 0.2) is 11.0 Å². The second kappa shape index (κ2) is 7.30. The molecule has 1 aromatic rings. The SMILES string of the molecule is Cc1cc(C)c(C)c(S(=O)(=O)NC2CCCNC2C)c1C.Cl. The Balaban J connectivity index is 0.00000242. The standard InChI is InChI=1S/C16H26N2O2S.ClH/c1-10-9-11(2)13(4)16(12(10)3)21(19,20)18-15-7-6-8-17-14(15)5;/h9,14-15,17-18H,6-8H2,1-5H3;1H. The van der Waals surface area contributed by atoms with Crippen LogP contribution in [0.1, 0.15) is 42.0 Å². The van der Waals surface area contributed by atoms with Crippen molar-refractivity contribution < 1.29 is 8.42 Å². The molecule has 126 valence electrons. The van der Waals surface area contributed by atoms with Gasteiger partial charge in [-0.05, 0) is 76.3 Å². The van der Waals surface area contributed by atoms with E-state index in [-0.39, 0.29) is 24.5 Å². The van der Waals surface area contributed by atoms with Gasteiger partial charge < -0.3 is 5.32 Å². The number of aryl methyl sites for hydroxylation is 2. The van der Waals surface area contributed by atoms with Crippen molar-refractivity contribution in [3.8, 4) is 0 Å².